The Morgan fingerprint density at radius 2 is 2.12 bits per heavy atom. The smallest absolute Gasteiger partial charge is 0.248 e. The number of hydrogen-bond donors (Lipinski definition) is 0. The Labute approximate surface area is 147 Å². The first-order chi connectivity index (χ1) is 11.7. The molecule has 1 amide bonds. The summed E-state index contributed by atoms with van der Waals surface area (Å²) in [6.07, 6.45) is -0.220. The third kappa shape index (κ3) is 6.02. The number of likely N-dealkylation sites (N-methyl/N-ethyl adjacent to an activating group) is 1. The maximum atomic E-state index is 13.9. The molecule has 0 spiro atoms. The van der Waals surface area contributed by atoms with Crippen LogP contribution in [0, 0.1) is 11.6 Å². The van der Waals surface area contributed by atoms with E-state index in [9.17, 15) is 13.6 Å². The summed E-state index contributed by atoms with van der Waals surface area (Å²) >= 11 is 0. The molecule has 0 unspecified atom stereocenters. The van der Waals surface area contributed by atoms with Gasteiger partial charge in [0.1, 0.15) is 18.2 Å². The van der Waals surface area contributed by atoms with E-state index in [4.69, 9.17) is 9.47 Å². The second-order valence-electron chi connectivity index (χ2n) is 7.21. The van der Waals surface area contributed by atoms with Gasteiger partial charge in [-0.05, 0) is 19.9 Å². The Balaban J connectivity index is 1.94. The molecular formula is C18H26F2N2O3. The van der Waals surface area contributed by atoms with E-state index in [1.165, 1.54) is 17.0 Å². The third-order valence-corrected chi connectivity index (χ3v) is 3.99. The molecule has 25 heavy (non-hydrogen) atoms. The van der Waals surface area contributed by atoms with Gasteiger partial charge in [0.15, 0.2) is 0 Å². The van der Waals surface area contributed by atoms with Gasteiger partial charge in [0, 0.05) is 45.4 Å². The first kappa shape index (κ1) is 19.8. The number of halogens is 2. The Bertz CT molecular complexity index is 608. The summed E-state index contributed by atoms with van der Waals surface area (Å²) < 4.78 is 38.4. The average Bonchev–Trinajstić information content (AvgIpc) is 2.48. The van der Waals surface area contributed by atoms with E-state index in [2.05, 4.69) is 4.90 Å². The Morgan fingerprint density at radius 1 is 1.40 bits per heavy atom. The number of morpholine rings is 1. The van der Waals surface area contributed by atoms with E-state index in [1.54, 1.807) is 14.1 Å². The maximum absolute atomic E-state index is 13.9. The molecule has 0 saturated carbocycles. The van der Waals surface area contributed by atoms with Crippen LogP contribution in [0.4, 0.5) is 8.78 Å². The lowest BCUT2D eigenvalue weighted by Gasteiger charge is -2.42. The molecule has 0 N–H and O–H groups in total. The molecule has 0 bridgehead atoms. The Hall–Kier alpha value is -1.57. The van der Waals surface area contributed by atoms with Gasteiger partial charge in [0.25, 0.3) is 0 Å². The average molecular weight is 356 g/mol. The predicted octanol–water partition coefficient (Wildman–Crippen LogP) is 2.05. The van der Waals surface area contributed by atoms with Crippen LogP contribution in [0.25, 0.3) is 0 Å². The van der Waals surface area contributed by atoms with Gasteiger partial charge in [-0.15, -0.1) is 0 Å². The molecule has 1 saturated heterocycles. The zero-order valence-electron chi connectivity index (χ0n) is 15.2. The van der Waals surface area contributed by atoms with Gasteiger partial charge >= 0.3 is 0 Å². The molecule has 1 aromatic rings. The van der Waals surface area contributed by atoms with Gasteiger partial charge in [-0.3, -0.25) is 9.69 Å². The summed E-state index contributed by atoms with van der Waals surface area (Å²) in [6.45, 7) is 5.74. The van der Waals surface area contributed by atoms with Crippen LogP contribution < -0.4 is 0 Å². The number of amides is 1. The van der Waals surface area contributed by atoms with Crippen LogP contribution in [0.3, 0.4) is 0 Å². The molecule has 1 aliphatic heterocycles. The highest BCUT2D eigenvalue weighted by Gasteiger charge is 2.33. The number of ether oxygens (including phenoxy) is 2. The van der Waals surface area contributed by atoms with Gasteiger partial charge in [-0.1, -0.05) is 6.07 Å². The minimum absolute atomic E-state index is 0.000120. The van der Waals surface area contributed by atoms with Crippen molar-refractivity contribution in [2.75, 3.05) is 40.4 Å². The molecule has 140 valence electrons. The normalized spacial score (nSPS) is 20.5. The van der Waals surface area contributed by atoms with Crippen LogP contribution in [0.1, 0.15) is 19.4 Å². The van der Waals surface area contributed by atoms with Crippen LogP contribution in [-0.2, 0) is 20.8 Å². The zero-order valence-corrected chi connectivity index (χ0v) is 15.2. The fraction of sp³-hybridized carbons (Fsp3) is 0.611. The summed E-state index contributed by atoms with van der Waals surface area (Å²) in [5, 5.41) is 0. The lowest BCUT2D eigenvalue weighted by Crippen LogP contribution is -2.53. The van der Waals surface area contributed by atoms with Crippen molar-refractivity contribution in [3.05, 3.63) is 35.4 Å². The summed E-state index contributed by atoms with van der Waals surface area (Å²) in [7, 11) is 3.34. The maximum Gasteiger partial charge on any atom is 0.248 e. The van der Waals surface area contributed by atoms with Crippen LogP contribution in [0.2, 0.25) is 0 Å². The van der Waals surface area contributed by atoms with Crippen LogP contribution in [0.5, 0.6) is 0 Å². The summed E-state index contributed by atoms with van der Waals surface area (Å²) in [5.41, 5.74) is 0.0236. The van der Waals surface area contributed by atoms with Crippen molar-refractivity contribution in [3.8, 4) is 0 Å². The minimum Gasteiger partial charge on any atom is -0.369 e. The highest BCUT2D eigenvalue weighted by Crippen LogP contribution is 2.23. The monoisotopic (exact) mass is 356 g/mol. The van der Waals surface area contributed by atoms with Crippen molar-refractivity contribution in [2.45, 2.75) is 32.1 Å². The van der Waals surface area contributed by atoms with Crippen molar-refractivity contribution in [2.24, 2.45) is 0 Å². The molecule has 1 fully saturated rings. The summed E-state index contributed by atoms with van der Waals surface area (Å²) in [4.78, 5) is 15.1. The van der Waals surface area contributed by atoms with Crippen LogP contribution >= 0.6 is 0 Å². The standard InChI is InChI=1S/C18H26F2N2O3/c1-18(2)12-22(8-13-5-6-14(19)7-16(13)20)9-15(25-18)10-24-11-17(23)21(3)4/h5-7,15H,8-12H2,1-4H3/t15-/m1/s1. The predicted molar refractivity (Wildman–Crippen MR) is 90.1 cm³/mol. The van der Waals surface area contributed by atoms with Crippen molar-refractivity contribution in [1.29, 1.82) is 0 Å². The molecule has 7 heteroatoms. The van der Waals surface area contributed by atoms with E-state index in [0.29, 0.717) is 25.2 Å². The van der Waals surface area contributed by atoms with E-state index < -0.39 is 17.2 Å². The molecule has 1 aromatic carbocycles. The Kier molecular flexibility index (Phi) is 6.48. The third-order valence-electron chi connectivity index (χ3n) is 3.99. The van der Waals surface area contributed by atoms with Gasteiger partial charge in [0.2, 0.25) is 5.91 Å². The van der Waals surface area contributed by atoms with E-state index >= 15 is 0 Å². The quantitative estimate of drug-likeness (QED) is 0.782. The molecule has 0 aromatic heterocycles. The molecule has 0 radical (unpaired) electrons. The van der Waals surface area contributed by atoms with E-state index in [1.807, 2.05) is 13.8 Å². The minimum atomic E-state index is -0.583. The number of hydrogen-bond acceptors (Lipinski definition) is 4. The van der Waals surface area contributed by atoms with E-state index in [-0.39, 0.29) is 25.2 Å². The number of nitrogens with zero attached hydrogens (tertiary/aromatic N) is 2. The molecule has 1 aliphatic rings. The van der Waals surface area contributed by atoms with Crippen molar-refractivity contribution in [1.82, 2.24) is 9.80 Å². The first-order valence-corrected chi connectivity index (χ1v) is 8.28. The number of rotatable bonds is 6. The molecule has 1 heterocycles. The Morgan fingerprint density at radius 3 is 2.76 bits per heavy atom. The largest absolute Gasteiger partial charge is 0.369 e. The molecule has 5 nitrogen and oxygen atoms in total. The number of carbonyl (C=O) groups is 1. The summed E-state index contributed by atoms with van der Waals surface area (Å²) in [6, 6.07) is 3.63. The van der Waals surface area contributed by atoms with Gasteiger partial charge in [-0.2, -0.15) is 0 Å². The summed E-state index contributed by atoms with van der Waals surface area (Å²) in [5.74, 6) is -1.24. The molecule has 1 atom stereocenters. The fourth-order valence-electron chi connectivity index (χ4n) is 2.92. The SMILES string of the molecule is CN(C)C(=O)COC[C@H]1CN(Cc2ccc(F)cc2F)CC(C)(C)O1. The molecule has 0 aliphatic carbocycles. The van der Waals surface area contributed by atoms with Crippen LogP contribution in [0.15, 0.2) is 18.2 Å². The van der Waals surface area contributed by atoms with E-state index in [0.717, 1.165) is 6.07 Å². The van der Waals surface area contributed by atoms with Crippen molar-refractivity contribution >= 4 is 5.91 Å². The van der Waals surface area contributed by atoms with Gasteiger partial charge in [0.05, 0.1) is 18.3 Å². The lowest BCUT2D eigenvalue weighted by atomic mass is 10.0. The van der Waals surface area contributed by atoms with Gasteiger partial charge in [-0.25, -0.2) is 8.78 Å². The van der Waals surface area contributed by atoms with Crippen LogP contribution in [-0.4, -0.2) is 67.8 Å². The van der Waals surface area contributed by atoms with Crippen molar-refractivity contribution in [3.63, 3.8) is 0 Å². The fourth-order valence-corrected chi connectivity index (χ4v) is 2.92. The second-order valence-corrected chi connectivity index (χ2v) is 7.21. The zero-order chi connectivity index (χ0) is 18.6. The van der Waals surface area contributed by atoms with Gasteiger partial charge < -0.3 is 14.4 Å². The first-order valence-electron chi connectivity index (χ1n) is 8.28. The lowest BCUT2D eigenvalue weighted by molar-refractivity contribution is -0.161. The molecule has 2 rings (SSSR count). The highest BCUT2D eigenvalue weighted by atomic mass is 19.1. The molecular weight excluding hydrogens is 330 g/mol. The second kappa shape index (κ2) is 8.21. The topological polar surface area (TPSA) is 42.0 Å². The number of benzene rings is 1. The van der Waals surface area contributed by atoms with Crippen molar-refractivity contribution < 1.29 is 23.0 Å². The number of carbonyl (C=O) groups excluding carboxylic acids is 1. The highest BCUT2D eigenvalue weighted by molar-refractivity contribution is 5.76.